The van der Waals surface area contributed by atoms with Crippen molar-refractivity contribution < 1.29 is 13.9 Å². The zero-order valence-corrected chi connectivity index (χ0v) is 18.0. The van der Waals surface area contributed by atoms with Gasteiger partial charge in [-0.25, -0.2) is 4.39 Å². The van der Waals surface area contributed by atoms with Gasteiger partial charge in [-0.05, 0) is 60.2 Å². The van der Waals surface area contributed by atoms with Crippen LogP contribution in [0, 0.1) is 5.82 Å². The Bertz CT molecular complexity index is 1460. The summed E-state index contributed by atoms with van der Waals surface area (Å²) in [4.78, 5) is 26.2. The van der Waals surface area contributed by atoms with Gasteiger partial charge >= 0.3 is 0 Å². The van der Waals surface area contributed by atoms with Crippen molar-refractivity contribution in [3.05, 3.63) is 88.5 Å². The molecular weight excluding hydrogens is 421 g/mol. The number of carbonyl (C=O) groups excluding carboxylic acids is 1. The fourth-order valence-electron chi connectivity index (χ4n) is 4.19. The average Bonchev–Trinajstić information content (AvgIpc) is 3.65. The van der Waals surface area contributed by atoms with E-state index in [2.05, 4.69) is 5.32 Å². The second-order valence-corrected chi connectivity index (χ2v) is 8.09. The van der Waals surface area contributed by atoms with E-state index in [0.29, 0.717) is 44.7 Å². The van der Waals surface area contributed by atoms with Crippen LogP contribution in [0.5, 0.6) is 5.75 Å². The van der Waals surface area contributed by atoms with Crippen LogP contribution in [0.1, 0.15) is 29.2 Å². The third kappa shape index (κ3) is 3.71. The van der Waals surface area contributed by atoms with Crippen LogP contribution in [-0.2, 0) is 0 Å². The lowest BCUT2D eigenvalue weighted by molar-refractivity contribution is 0.102. The number of fused-ring (bicyclic) bond motifs is 1. The molecule has 1 aliphatic rings. The minimum absolute atomic E-state index is 0.0287. The molecule has 1 aliphatic carbocycles. The van der Waals surface area contributed by atoms with E-state index in [-0.39, 0.29) is 23.3 Å². The monoisotopic (exact) mass is 443 g/mol. The number of amides is 1. The van der Waals surface area contributed by atoms with Gasteiger partial charge in [-0.15, -0.1) is 0 Å². The number of rotatable bonds is 5. The highest BCUT2D eigenvalue weighted by atomic mass is 19.1. The molecule has 1 amide bonds. The maximum Gasteiger partial charge on any atom is 0.260 e. The van der Waals surface area contributed by atoms with Gasteiger partial charge in [0.2, 0.25) is 0 Å². The van der Waals surface area contributed by atoms with E-state index >= 15 is 0 Å². The van der Waals surface area contributed by atoms with Crippen molar-refractivity contribution in [2.24, 2.45) is 0 Å². The summed E-state index contributed by atoms with van der Waals surface area (Å²) in [7, 11) is 1.50. The van der Waals surface area contributed by atoms with Crippen molar-refractivity contribution in [3.8, 4) is 16.9 Å². The van der Waals surface area contributed by atoms with E-state index in [0.717, 1.165) is 12.8 Å². The maximum atomic E-state index is 14.0. The number of methoxy groups -OCH3 is 1. The lowest BCUT2D eigenvalue weighted by Crippen LogP contribution is -2.23. The number of hydrogen-bond donors (Lipinski definition) is 2. The van der Waals surface area contributed by atoms with E-state index in [1.54, 1.807) is 59.2 Å². The minimum atomic E-state index is -0.384. The quantitative estimate of drug-likeness (QED) is 0.455. The van der Waals surface area contributed by atoms with Crippen LogP contribution in [-0.4, -0.2) is 17.6 Å². The fourth-order valence-corrected chi connectivity index (χ4v) is 4.19. The van der Waals surface area contributed by atoms with Gasteiger partial charge < -0.3 is 15.8 Å². The molecule has 1 heterocycles. The van der Waals surface area contributed by atoms with Gasteiger partial charge in [0, 0.05) is 17.3 Å². The highest BCUT2D eigenvalue weighted by molar-refractivity contribution is 6.08. The molecule has 3 N–H and O–H groups in total. The molecule has 0 saturated heterocycles. The number of hydrogen-bond acceptors (Lipinski definition) is 4. The molecule has 0 aliphatic heterocycles. The SMILES string of the molecule is COc1ccccc1C(=O)Nc1ccc2c(-c3cccc(F)c3)c(N)n(C3CC3)c(=O)c2c1. The molecule has 3 aromatic carbocycles. The Kier molecular flexibility index (Phi) is 5.09. The maximum absolute atomic E-state index is 14.0. The van der Waals surface area contributed by atoms with Gasteiger partial charge in [0.1, 0.15) is 17.4 Å². The predicted octanol–water partition coefficient (Wildman–Crippen LogP) is 4.99. The Morgan fingerprint density at radius 1 is 1.06 bits per heavy atom. The van der Waals surface area contributed by atoms with Crippen molar-refractivity contribution in [1.82, 2.24) is 4.57 Å². The smallest absolute Gasteiger partial charge is 0.260 e. The summed E-state index contributed by atoms with van der Waals surface area (Å²) in [6.45, 7) is 0. The number of para-hydroxylation sites is 1. The van der Waals surface area contributed by atoms with Crippen LogP contribution in [0.3, 0.4) is 0 Å². The van der Waals surface area contributed by atoms with Crippen molar-refractivity contribution in [1.29, 1.82) is 0 Å². The number of carbonyl (C=O) groups is 1. The highest BCUT2D eigenvalue weighted by Gasteiger charge is 2.29. The lowest BCUT2D eigenvalue weighted by Gasteiger charge is -2.18. The van der Waals surface area contributed by atoms with Crippen molar-refractivity contribution >= 4 is 28.2 Å². The topological polar surface area (TPSA) is 86.3 Å². The van der Waals surface area contributed by atoms with E-state index in [1.807, 2.05) is 0 Å². The standard InChI is InChI=1S/C26H22FN3O3/c1-33-22-8-3-2-7-20(22)25(31)29-17-9-12-19-21(14-17)26(32)30(18-10-11-18)24(28)23(19)15-5-4-6-16(27)13-15/h2-9,12-14,18H,10-11,28H2,1H3,(H,29,31). The molecule has 0 unspecified atom stereocenters. The summed E-state index contributed by atoms with van der Waals surface area (Å²) in [5.74, 6) is 0.0412. The number of nitrogens with two attached hydrogens (primary N) is 1. The molecule has 0 bridgehead atoms. The van der Waals surface area contributed by atoms with E-state index < -0.39 is 0 Å². The second kappa shape index (κ2) is 8.09. The van der Waals surface area contributed by atoms with Crippen molar-refractivity contribution in [2.45, 2.75) is 18.9 Å². The summed E-state index contributed by atoms with van der Waals surface area (Å²) in [6.07, 6.45) is 1.73. The number of benzene rings is 3. The molecule has 1 fully saturated rings. The molecule has 5 rings (SSSR count). The zero-order valence-electron chi connectivity index (χ0n) is 18.0. The van der Waals surface area contributed by atoms with Crippen molar-refractivity contribution in [3.63, 3.8) is 0 Å². The summed E-state index contributed by atoms with van der Waals surface area (Å²) in [6, 6.07) is 18.2. The van der Waals surface area contributed by atoms with Gasteiger partial charge in [-0.1, -0.05) is 30.3 Å². The first-order chi connectivity index (χ1) is 16.0. The minimum Gasteiger partial charge on any atom is -0.496 e. The molecule has 0 atom stereocenters. The Morgan fingerprint density at radius 2 is 1.85 bits per heavy atom. The number of ether oxygens (including phenoxy) is 1. The molecule has 4 aromatic rings. The van der Waals surface area contributed by atoms with Gasteiger partial charge in [0.25, 0.3) is 11.5 Å². The second-order valence-electron chi connectivity index (χ2n) is 8.09. The third-order valence-electron chi connectivity index (χ3n) is 5.89. The third-order valence-corrected chi connectivity index (χ3v) is 5.89. The van der Waals surface area contributed by atoms with Crippen LogP contribution in [0.4, 0.5) is 15.9 Å². The molecule has 166 valence electrons. The molecule has 33 heavy (non-hydrogen) atoms. The molecule has 0 spiro atoms. The van der Waals surface area contributed by atoms with Crippen LogP contribution >= 0.6 is 0 Å². The van der Waals surface area contributed by atoms with Gasteiger partial charge in [0.15, 0.2) is 0 Å². The zero-order chi connectivity index (χ0) is 23.1. The predicted molar refractivity (Wildman–Crippen MR) is 127 cm³/mol. The lowest BCUT2D eigenvalue weighted by atomic mass is 9.98. The normalized spacial score (nSPS) is 13.2. The summed E-state index contributed by atoms with van der Waals surface area (Å²) >= 11 is 0. The van der Waals surface area contributed by atoms with Crippen LogP contribution in [0.25, 0.3) is 21.9 Å². The van der Waals surface area contributed by atoms with Crippen LogP contribution in [0.15, 0.2) is 71.5 Å². The first kappa shape index (κ1) is 20.8. The van der Waals surface area contributed by atoms with Crippen molar-refractivity contribution in [2.75, 3.05) is 18.2 Å². The van der Waals surface area contributed by atoms with E-state index in [4.69, 9.17) is 10.5 Å². The van der Waals surface area contributed by atoms with Gasteiger partial charge in [-0.3, -0.25) is 14.2 Å². The average molecular weight is 443 g/mol. The first-order valence-electron chi connectivity index (χ1n) is 10.7. The van der Waals surface area contributed by atoms with E-state index in [1.165, 1.54) is 19.2 Å². The Labute approximate surface area is 189 Å². The Balaban J connectivity index is 1.65. The summed E-state index contributed by atoms with van der Waals surface area (Å²) < 4.78 is 20.9. The molecule has 1 aromatic heterocycles. The molecule has 6 nitrogen and oxygen atoms in total. The van der Waals surface area contributed by atoms with Gasteiger partial charge in [0.05, 0.1) is 18.1 Å². The summed E-state index contributed by atoms with van der Waals surface area (Å²) in [5.41, 5.74) is 8.29. The number of anilines is 2. The number of pyridine rings is 1. The number of nitrogens with one attached hydrogen (secondary N) is 1. The molecule has 7 heteroatoms. The number of aromatic nitrogens is 1. The highest BCUT2D eigenvalue weighted by Crippen LogP contribution is 2.41. The van der Waals surface area contributed by atoms with Crippen LogP contribution in [0.2, 0.25) is 0 Å². The number of nitrogens with zero attached hydrogens (tertiary/aromatic N) is 1. The van der Waals surface area contributed by atoms with Crippen LogP contribution < -0.4 is 21.3 Å². The number of halogens is 1. The fraction of sp³-hybridized carbons (Fsp3) is 0.154. The first-order valence-corrected chi connectivity index (χ1v) is 10.7. The summed E-state index contributed by atoms with van der Waals surface area (Å²) in [5, 5.41) is 3.86. The largest absolute Gasteiger partial charge is 0.496 e. The molecular formula is C26H22FN3O3. The Morgan fingerprint density at radius 3 is 2.58 bits per heavy atom. The Hall–Kier alpha value is -4.13. The molecule has 1 saturated carbocycles. The molecule has 0 radical (unpaired) electrons. The van der Waals surface area contributed by atoms with Gasteiger partial charge in [-0.2, -0.15) is 0 Å². The number of nitrogen functional groups attached to an aromatic ring is 1. The van der Waals surface area contributed by atoms with E-state index in [9.17, 15) is 14.0 Å².